The molecule has 1 saturated heterocycles. The first-order chi connectivity index (χ1) is 4.31. The summed E-state index contributed by atoms with van der Waals surface area (Å²) in [4.78, 5) is 10.7. The molecule has 0 amide bonds. The quantitative estimate of drug-likeness (QED) is 0.495. The van der Waals surface area contributed by atoms with Gasteiger partial charge in [-0.1, -0.05) is 6.08 Å². The molecule has 1 aliphatic heterocycles. The molecule has 1 fully saturated rings. The van der Waals surface area contributed by atoms with Gasteiger partial charge < -0.3 is 5.32 Å². The number of allylic oxidation sites excluding steroid dienone is 1. The third-order valence-electron chi connectivity index (χ3n) is 2.10. The van der Waals surface area contributed by atoms with Gasteiger partial charge in [-0.15, -0.1) is 0 Å². The number of ketones is 1. The van der Waals surface area contributed by atoms with E-state index in [2.05, 4.69) is 5.32 Å². The monoisotopic (exact) mass is 123 g/mol. The molecule has 0 saturated carbocycles. The molecule has 0 bridgehead atoms. The van der Waals surface area contributed by atoms with Gasteiger partial charge in [0.05, 0.1) is 0 Å². The summed E-state index contributed by atoms with van der Waals surface area (Å²) in [5.74, 6) is 0.288. The van der Waals surface area contributed by atoms with Crippen molar-refractivity contribution in [2.45, 2.75) is 6.42 Å². The maximum absolute atomic E-state index is 10.7. The fraction of sp³-hybridized carbons (Fsp3) is 0.571. The lowest BCUT2D eigenvalue weighted by molar-refractivity contribution is -0.115. The normalized spacial score (nSPS) is 29.1. The van der Waals surface area contributed by atoms with Crippen LogP contribution in [0.4, 0.5) is 0 Å². The minimum Gasteiger partial charge on any atom is -0.315 e. The number of rotatable bonds is 0. The Hall–Kier alpha value is -0.630. The molecule has 0 atom stereocenters. The average Bonchev–Trinajstić information content (AvgIpc) is 2.09. The van der Waals surface area contributed by atoms with Crippen LogP contribution in [0.25, 0.3) is 0 Å². The molecule has 0 aromatic heterocycles. The van der Waals surface area contributed by atoms with Gasteiger partial charge in [0.2, 0.25) is 0 Å². The average molecular weight is 123 g/mol. The van der Waals surface area contributed by atoms with Gasteiger partial charge in [-0.25, -0.2) is 0 Å². The number of hydrogen-bond donors (Lipinski definition) is 1. The predicted molar refractivity (Wildman–Crippen MR) is 34.1 cm³/mol. The van der Waals surface area contributed by atoms with Gasteiger partial charge in [0.1, 0.15) is 0 Å². The molecule has 0 aromatic carbocycles. The number of carbonyl (C=O) groups excluding carboxylic acids is 1. The van der Waals surface area contributed by atoms with Crippen molar-refractivity contribution in [2.24, 2.45) is 5.41 Å². The van der Waals surface area contributed by atoms with Crippen molar-refractivity contribution in [3.63, 3.8) is 0 Å². The van der Waals surface area contributed by atoms with Crippen LogP contribution in [0, 0.1) is 5.41 Å². The first kappa shape index (κ1) is 5.18. The second-order valence-electron chi connectivity index (χ2n) is 2.94. The van der Waals surface area contributed by atoms with E-state index in [-0.39, 0.29) is 11.2 Å². The summed E-state index contributed by atoms with van der Waals surface area (Å²) in [7, 11) is 0. The van der Waals surface area contributed by atoms with Crippen LogP contribution in [0.1, 0.15) is 6.42 Å². The molecule has 2 heteroatoms. The van der Waals surface area contributed by atoms with Crippen molar-refractivity contribution in [1.82, 2.24) is 5.32 Å². The van der Waals surface area contributed by atoms with Gasteiger partial charge in [0.25, 0.3) is 0 Å². The number of carbonyl (C=O) groups is 1. The Bertz CT molecular complexity index is 179. The third-order valence-corrected chi connectivity index (χ3v) is 2.10. The highest BCUT2D eigenvalue weighted by atomic mass is 16.1. The molecule has 1 N–H and O–H groups in total. The smallest absolute Gasteiger partial charge is 0.156 e. The van der Waals surface area contributed by atoms with Gasteiger partial charge >= 0.3 is 0 Å². The predicted octanol–water partition coefficient (Wildman–Crippen LogP) is 0.105. The van der Waals surface area contributed by atoms with E-state index in [9.17, 15) is 4.79 Å². The summed E-state index contributed by atoms with van der Waals surface area (Å²) < 4.78 is 0. The van der Waals surface area contributed by atoms with Crippen LogP contribution in [0.2, 0.25) is 0 Å². The third kappa shape index (κ3) is 0.630. The Morgan fingerprint density at radius 1 is 1.56 bits per heavy atom. The van der Waals surface area contributed by atoms with Crippen LogP contribution in [0.5, 0.6) is 0 Å². The minimum atomic E-state index is 0.247. The lowest BCUT2D eigenvalue weighted by Crippen LogP contribution is -2.51. The summed E-state index contributed by atoms with van der Waals surface area (Å²) in [5, 5.41) is 3.16. The molecule has 2 aliphatic rings. The van der Waals surface area contributed by atoms with Gasteiger partial charge in [-0.2, -0.15) is 0 Å². The van der Waals surface area contributed by atoms with Crippen LogP contribution in [0.3, 0.4) is 0 Å². The minimum absolute atomic E-state index is 0.247. The molecule has 0 aromatic rings. The molecule has 1 spiro atoms. The largest absolute Gasteiger partial charge is 0.315 e. The zero-order valence-corrected chi connectivity index (χ0v) is 5.18. The Morgan fingerprint density at radius 3 is 2.56 bits per heavy atom. The Kier molecular flexibility index (Phi) is 0.833. The molecule has 0 radical (unpaired) electrons. The molecule has 0 unspecified atom stereocenters. The van der Waals surface area contributed by atoms with Crippen LogP contribution >= 0.6 is 0 Å². The summed E-state index contributed by atoms with van der Waals surface area (Å²) in [6, 6.07) is 0. The molecule has 1 aliphatic carbocycles. The second-order valence-corrected chi connectivity index (χ2v) is 2.94. The molecular formula is C7H9NO. The van der Waals surface area contributed by atoms with Crippen LogP contribution in [-0.2, 0) is 4.79 Å². The topological polar surface area (TPSA) is 29.1 Å². The van der Waals surface area contributed by atoms with E-state index in [0.717, 1.165) is 19.5 Å². The highest BCUT2D eigenvalue weighted by Gasteiger charge is 2.38. The van der Waals surface area contributed by atoms with E-state index in [1.165, 1.54) is 0 Å². The summed E-state index contributed by atoms with van der Waals surface area (Å²) in [6.07, 6.45) is 4.49. The summed E-state index contributed by atoms with van der Waals surface area (Å²) >= 11 is 0. The zero-order chi connectivity index (χ0) is 6.32. The fourth-order valence-corrected chi connectivity index (χ4v) is 1.42. The van der Waals surface area contributed by atoms with E-state index in [1.807, 2.05) is 6.08 Å². The van der Waals surface area contributed by atoms with Crippen LogP contribution < -0.4 is 5.32 Å². The van der Waals surface area contributed by atoms with E-state index < -0.39 is 0 Å². The molecule has 1 heterocycles. The van der Waals surface area contributed by atoms with Crippen molar-refractivity contribution in [3.8, 4) is 0 Å². The van der Waals surface area contributed by atoms with Gasteiger partial charge in [0.15, 0.2) is 5.78 Å². The molecular weight excluding hydrogens is 114 g/mol. The summed E-state index contributed by atoms with van der Waals surface area (Å²) in [6.45, 7) is 1.99. The Balaban J connectivity index is 2.17. The van der Waals surface area contributed by atoms with Crippen molar-refractivity contribution in [1.29, 1.82) is 0 Å². The van der Waals surface area contributed by atoms with E-state index in [0.29, 0.717) is 0 Å². The van der Waals surface area contributed by atoms with Crippen molar-refractivity contribution >= 4 is 5.78 Å². The summed E-state index contributed by atoms with van der Waals surface area (Å²) in [5.41, 5.74) is 0.247. The maximum Gasteiger partial charge on any atom is 0.156 e. The second kappa shape index (κ2) is 1.45. The first-order valence-corrected chi connectivity index (χ1v) is 3.24. The fourth-order valence-electron chi connectivity index (χ4n) is 1.42. The number of nitrogens with one attached hydrogen (secondary N) is 1. The maximum atomic E-state index is 10.7. The Morgan fingerprint density at radius 2 is 2.33 bits per heavy atom. The van der Waals surface area contributed by atoms with E-state index in [4.69, 9.17) is 0 Å². The van der Waals surface area contributed by atoms with Crippen LogP contribution in [-0.4, -0.2) is 18.9 Å². The molecule has 9 heavy (non-hydrogen) atoms. The highest BCUT2D eigenvalue weighted by Crippen LogP contribution is 2.33. The highest BCUT2D eigenvalue weighted by molar-refractivity contribution is 5.93. The van der Waals surface area contributed by atoms with E-state index >= 15 is 0 Å². The van der Waals surface area contributed by atoms with E-state index in [1.54, 1.807) is 6.08 Å². The molecule has 48 valence electrons. The number of hydrogen-bond acceptors (Lipinski definition) is 2. The van der Waals surface area contributed by atoms with Crippen LogP contribution in [0.15, 0.2) is 12.2 Å². The van der Waals surface area contributed by atoms with Gasteiger partial charge in [0, 0.05) is 24.9 Å². The van der Waals surface area contributed by atoms with Gasteiger partial charge in [-0.05, 0) is 6.08 Å². The zero-order valence-electron chi connectivity index (χ0n) is 5.18. The Labute approximate surface area is 53.9 Å². The molecule has 2 rings (SSSR count). The standard InChI is InChI=1S/C7H9NO/c9-6-1-2-7(3-6)4-8-5-7/h1-2,8H,3-5H2. The van der Waals surface area contributed by atoms with Crippen molar-refractivity contribution in [2.75, 3.05) is 13.1 Å². The first-order valence-electron chi connectivity index (χ1n) is 3.24. The lowest BCUT2D eigenvalue weighted by Gasteiger charge is -2.36. The molecule has 2 nitrogen and oxygen atoms in total. The lowest BCUT2D eigenvalue weighted by atomic mass is 9.81. The van der Waals surface area contributed by atoms with Crippen molar-refractivity contribution in [3.05, 3.63) is 12.2 Å². The van der Waals surface area contributed by atoms with Gasteiger partial charge in [-0.3, -0.25) is 4.79 Å². The SMILES string of the molecule is O=C1C=CC2(CNC2)C1. The van der Waals surface area contributed by atoms with Crippen molar-refractivity contribution < 1.29 is 4.79 Å².